The average Bonchev–Trinajstić information content (AvgIpc) is 2.74. The number of ether oxygens (including phenoxy) is 2. The Bertz CT molecular complexity index is 994. The van der Waals surface area contributed by atoms with E-state index in [9.17, 15) is 0 Å². The van der Waals surface area contributed by atoms with Crippen LogP contribution in [0.1, 0.15) is 11.1 Å². The largest absolute Gasteiger partial charge is 0.458 e. The van der Waals surface area contributed by atoms with E-state index >= 15 is 0 Å². The highest BCUT2D eigenvalue weighted by atomic mass is 16.7. The summed E-state index contributed by atoms with van der Waals surface area (Å²) in [5.74, 6) is 1.62. The monoisotopic (exact) mass is 354 g/mol. The van der Waals surface area contributed by atoms with Crippen LogP contribution in [0.2, 0.25) is 0 Å². The van der Waals surface area contributed by atoms with E-state index in [-0.39, 0.29) is 6.79 Å². The van der Waals surface area contributed by atoms with Gasteiger partial charge in [-0.05, 0) is 59.0 Å². The Balaban J connectivity index is 1.38. The van der Waals surface area contributed by atoms with E-state index in [0.717, 1.165) is 24.3 Å². The molecule has 0 radical (unpaired) electrons. The van der Waals surface area contributed by atoms with Crippen molar-refractivity contribution < 1.29 is 9.47 Å². The molecule has 0 aliphatic rings. The van der Waals surface area contributed by atoms with Crippen LogP contribution in [0.5, 0.6) is 11.5 Å². The molecule has 0 heterocycles. The Labute approximate surface area is 160 Å². The molecule has 4 aromatic carbocycles. The average molecular weight is 354 g/mol. The number of hydrogen-bond donors (Lipinski definition) is 0. The van der Waals surface area contributed by atoms with Gasteiger partial charge in [0.05, 0.1) is 0 Å². The van der Waals surface area contributed by atoms with Gasteiger partial charge in [0.15, 0.2) is 0 Å². The molecular formula is C25H22O2. The lowest BCUT2D eigenvalue weighted by Gasteiger charge is -2.10. The maximum Gasteiger partial charge on any atom is 0.230 e. The van der Waals surface area contributed by atoms with E-state index in [1.165, 1.54) is 21.9 Å². The van der Waals surface area contributed by atoms with Gasteiger partial charge in [-0.2, -0.15) is 0 Å². The molecule has 0 aliphatic carbocycles. The van der Waals surface area contributed by atoms with E-state index in [2.05, 4.69) is 60.7 Å². The normalized spacial score (nSPS) is 10.7. The number of para-hydroxylation sites is 1. The zero-order valence-electron chi connectivity index (χ0n) is 15.2. The molecule has 0 N–H and O–H groups in total. The molecule has 0 unspecified atom stereocenters. The van der Waals surface area contributed by atoms with Crippen molar-refractivity contribution in [3.05, 3.63) is 108 Å². The molecule has 134 valence electrons. The second-order valence-electron chi connectivity index (χ2n) is 6.55. The highest BCUT2D eigenvalue weighted by molar-refractivity contribution is 5.84. The number of rotatable bonds is 7. The van der Waals surface area contributed by atoms with Gasteiger partial charge < -0.3 is 9.47 Å². The van der Waals surface area contributed by atoms with E-state index in [0.29, 0.717) is 0 Å². The molecule has 0 atom stereocenters. The first-order valence-corrected chi connectivity index (χ1v) is 9.24. The molecule has 0 bridgehead atoms. The molecule has 2 nitrogen and oxygen atoms in total. The van der Waals surface area contributed by atoms with Crippen LogP contribution in [-0.4, -0.2) is 6.79 Å². The summed E-state index contributed by atoms with van der Waals surface area (Å²) in [6.07, 6.45) is 2.10. The summed E-state index contributed by atoms with van der Waals surface area (Å²) in [6.45, 7) is 0.199. The number of benzene rings is 4. The van der Waals surface area contributed by atoms with Gasteiger partial charge in [-0.25, -0.2) is 0 Å². The molecule has 0 saturated carbocycles. The fraction of sp³-hybridized carbons (Fsp3) is 0.120. The van der Waals surface area contributed by atoms with Gasteiger partial charge in [-0.15, -0.1) is 0 Å². The third kappa shape index (κ3) is 4.68. The summed E-state index contributed by atoms with van der Waals surface area (Å²) in [5, 5.41) is 2.41. The van der Waals surface area contributed by atoms with Crippen molar-refractivity contribution >= 4 is 10.8 Å². The molecule has 2 heteroatoms. The van der Waals surface area contributed by atoms with E-state index in [1.54, 1.807) is 0 Å². The van der Waals surface area contributed by atoms with Crippen LogP contribution in [0, 0.1) is 0 Å². The molecular weight excluding hydrogens is 332 g/mol. The van der Waals surface area contributed by atoms with Crippen molar-refractivity contribution in [2.45, 2.75) is 12.8 Å². The third-order valence-corrected chi connectivity index (χ3v) is 4.62. The van der Waals surface area contributed by atoms with Crippen LogP contribution in [0.3, 0.4) is 0 Å². The van der Waals surface area contributed by atoms with Gasteiger partial charge in [0.2, 0.25) is 6.79 Å². The van der Waals surface area contributed by atoms with Crippen molar-refractivity contribution in [3.63, 3.8) is 0 Å². The van der Waals surface area contributed by atoms with E-state index in [4.69, 9.17) is 9.47 Å². The van der Waals surface area contributed by atoms with Crippen molar-refractivity contribution in [2.24, 2.45) is 0 Å². The topological polar surface area (TPSA) is 18.5 Å². The number of fused-ring (bicyclic) bond motifs is 1. The maximum absolute atomic E-state index is 5.73. The first-order chi connectivity index (χ1) is 13.4. The molecule has 4 aromatic rings. The second kappa shape index (κ2) is 8.41. The van der Waals surface area contributed by atoms with Gasteiger partial charge in [0.25, 0.3) is 0 Å². The SMILES string of the molecule is c1ccc(CCc2ccc3cc(OCOc4ccccc4)ccc3c2)cc1. The first-order valence-electron chi connectivity index (χ1n) is 9.24. The lowest BCUT2D eigenvalue weighted by molar-refractivity contribution is 0.120. The van der Waals surface area contributed by atoms with Gasteiger partial charge >= 0.3 is 0 Å². The highest BCUT2D eigenvalue weighted by Crippen LogP contribution is 2.23. The molecule has 0 amide bonds. The zero-order chi connectivity index (χ0) is 18.3. The van der Waals surface area contributed by atoms with E-state index in [1.807, 2.05) is 36.4 Å². The van der Waals surface area contributed by atoms with Gasteiger partial charge in [-0.1, -0.05) is 72.8 Å². The van der Waals surface area contributed by atoms with Gasteiger partial charge in [0.1, 0.15) is 11.5 Å². The minimum absolute atomic E-state index is 0.199. The summed E-state index contributed by atoms with van der Waals surface area (Å²) < 4.78 is 11.3. The van der Waals surface area contributed by atoms with Crippen molar-refractivity contribution in [3.8, 4) is 11.5 Å². The van der Waals surface area contributed by atoms with Crippen LogP contribution < -0.4 is 9.47 Å². The molecule has 0 aliphatic heterocycles. The van der Waals surface area contributed by atoms with Crippen LogP contribution in [-0.2, 0) is 12.8 Å². The fourth-order valence-corrected chi connectivity index (χ4v) is 3.13. The molecule has 4 rings (SSSR count). The predicted molar refractivity (Wildman–Crippen MR) is 110 cm³/mol. The Morgan fingerprint density at radius 1 is 0.481 bits per heavy atom. The summed E-state index contributed by atoms with van der Waals surface area (Å²) in [6, 6.07) is 33.1. The Morgan fingerprint density at radius 2 is 1.11 bits per heavy atom. The van der Waals surface area contributed by atoms with Crippen LogP contribution in [0.25, 0.3) is 10.8 Å². The number of hydrogen-bond acceptors (Lipinski definition) is 2. The van der Waals surface area contributed by atoms with Gasteiger partial charge in [-0.3, -0.25) is 0 Å². The molecule has 0 fully saturated rings. The van der Waals surface area contributed by atoms with Crippen molar-refractivity contribution in [1.82, 2.24) is 0 Å². The molecule has 0 aromatic heterocycles. The molecule has 27 heavy (non-hydrogen) atoms. The molecule has 0 spiro atoms. The first kappa shape index (κ1) is 17.2. The summed E-state index contributed by atoms with van der Waals surface area (Å²) in [5.41, 5.74) is 2.73. The van der Waals surface area contributed by atoms with Gasteiger partial charge in [0, 0.05) is 0 Å². The van der Waals surface area contributed by atoms with Crippen LogP contribution >= 0.6 is 0 Å². The lowest BCUT2D eigenvalue weighted by atomic mass is 10.0. The molecule has 0 saturated heterocycles. The second-order valence-corrected chi connectivity index (χ2v) is 6.55. The lowest BCUT2D eigenvalue weighted by Crippen LogP contribution is -2.05. The Morgan fingerprint density at radius 3 is 1.93 bits per heavy atom. The van der Waals surface area contributed by atoms with Crippen LogP contribution in [0.4, 0.5) is 0 Å². The summed E-state index contributed by atoms with van der Waals surface area (Å²) >= 11 is 0. The minimum atomic E-state index is 0.199. The minimum Gasteiger partial charge on any atom is -0.458 e. The Kier molecular flexibility index (Phi) is 5.35. The predicted octanol–water partition coefficient (Wildman–Crippen LogP) is 6.04. The standard InChI is InChI=1S/C25H22O2/c1-3-7-20(8-4-1)11-12-21-13-14-23-18-25(16-15-22(23)17-21)27-19-26-24-9-5-2-6-10-24/h1-10,13-18H,11-12,19H2. The fourth-order valence-electron chi connectivity index (χ4n) is 3.13. The van der Waals surface area contributed by atoms with E-state index < -0.39 is 0 Å². The van der Waals surface area contributed by atoms with Crippen molar-refractivity contribution in [1.29, 1.82) is 0 Å². The van der Waals surface area contributed by atoms with Crippen molar-refractivity contribution in [2.75, 3.05) is 6.79 Å². The summed E-state index contributed by atoms with van der Waals surface area (Å²) in [7, 11) is 0. The van der Waals surface area contributed by atoms with Crippen LogP contribution in [0.15, 0.2) is 97.1 Å². The number of aryl methyl sites for hydroxylation is 2. The highest BCUT2D eigenvalue weighted by Gasteiger charge is 2.01. The zero-order valence-corrected chi connectivity index (χ0v) is 15.2. The third-order valence-electron chi connectivity index (χ3n) is 4.62. The smallest absolute Gasteiger partial charge is 0.230 e. The quantitative estimate of drug-likeness (QED) is 0.377. The maximum atomic E-state index is 5.73. The summed E-state index contributed by atoms with van der Waals surface area (Å²) in [4.78, 5) is 0. The Hall–Kier alpha value is -3.26.